The second-order valence-corrected chi connectivity index (χ2v) is 7.21. The molecule has 1 aromatic carbocycles. The Balaban J connectivity index is 1.29. The smallest absolute Gasteiger partial charge is 0.241 e. The van der Waals surface area contributed by atoms with Gasteiger partial charge in [-0.25, -0.2) is 0 Å². The first kappa shape index (κ1) is 16.3. The van der Waals surface area contributed by atoms with Gasteiger partial charge in [-0.3, -0.25) is 9.69 Å². The summed E-state index contributed by atoms with van der Waals surface area (Å²) in [4.78, 5) is 18.7. The average molecular weight is 340 g/mol. The molecule has 6 heteroatoms. The maximum atomic E-state index is 11.8. The van der Waals surface area contributed by atoms with E-state index in [9.17, 15) is 4.79 Å². The molecular formula is C19H24N4O2. The fourth-order valence-corrected chi connectivity index (χ4v) is 3.31. The number of nitrogens with zero attached hydrogens (tertiary/aromatic N) is 3. The average Bonchev–Trinajstić information content (AvgIpc) is 3.36. The van der Waals surface area contributed by atoms with E-state index in [4.69, 9.17) is 4.52 Å². The zero-order valence-electron chi connectivity index (χ0n) is 14.6. The van der Waals surface area contributed by atoms with Crippen LogP contribution in [-0.4, -0.2) is 40.1 Å². The number of carbonyl (C=O) groups excluding carboxylic acids is 1. The molecule has 132 valence electrons. The van der Waals surface area contributed by atoms with E-state index in [2.05, 4.69) is 39.4 Å². The molecule has 1 N–H and O–H groups in total. The van der Waals surface area contributed by atoms with Crippen molar-refractivity contribution >= 4 is 5.91 Å². The highest BCUT2D eigenvalue weighted by Gasteiger charge is 2.31. The number of rotatable bonds is 5. The number of hydrogen-bond acceptors (Lipinski definition) is 5. The zero-order chi connectivity index (χ0) is 17.2. The van der Waals surface area contributed by atoms with Crippen molar-refractivity contribution in [2.45, 2.75) is 45.2 Å². The van der Waals surface area contributed by atoms with Crippen molar-refractivity contribution in [3.8, 4) is 11.4 Å². The minimum absolute atomic E-state index is 0.248. The number of aryl methyl sites for hydroxylation is 1. The first-order valence-corrected chi connectivity index (χ1v) is 9.10. The third-order valence-electron chi connectivity index (χ3n) is 4.99. The fourth-order valence-electron chi connectivity index (χ4n) is 3.31. The Morgan fingerprint density at radius 1 is 1.28 bits per heavy atom. The second kappa shape index (κ2) is 6.96. The van der Waals surface area contributed by atoms with Crippen molar-refractivity contribution in [1.29, 1.82) is 0 Å². The normalized spacial score (nSPS) is 19.1. The molecule has 0 unspecified atom stereocenters. The van der Waals surface area contributed by atoms with Crippen LogP contribution in [0.4, 0.5) is 0 Å². The van der Waals surface area contributed by atoms with E-state index in [1.54, 1.807) is 0 Å². The minimum Gasteiger partial charge on any atom is -0.353 e. The lowest BCUT2D eigenvalue weighted by Gasteiger charge is -2.31. The summed E-state index contributed by atoms with van der Waals surface area (Å²) < 4.78 is 5.42. The van der Waals surface area contributed by atoms with E-state index in [-0.39, 0.29) is 11.8 Å². The maximum Gasteiger partial charge on any atom is 0.241 e. The molecule has 2 aliphatic rings. The lowest BCUT2D eigenvalue weighted by Crippen LogP contribution is -2.44. The van der Waals surface area contributed by atoms with Crippen LogP contribution in [0.1, 0.15) is 37.1 Å². The lowest BCUT2D eigenvalue weighted by atomic mass is 10.0. The summed E-state index contributed by atoms with van der Waals surface area (Å²) in [6.45, 7) is 4.61. The number of hydrogen-bond donors (Lipinski definition) is 1. The summed E-state index contributed by atoms with van der Waals surface area (Å²) in [5.41, 5.74) is 2.16. The number of amides is 1. The van der Waals surface area contributed by atoms with Crippen molar-refractivity contribution in [2.24, 2.45) is 5.92 Å². The molecule has 1 saturated heterocycles. The Morgan fingerprint density at radius 3 is 2.80 bits per heavy atom. The van der Waals surface area contributed by atoms with E-state index in [1.807, 2.05) is 12.1 Å². The molecule has 4 rings (SSSR count). The third kappa shape index (κ3) is 4.07. The van der Waals surface area contributed by atoms with Gasteiger partial charge in [0.15, 0.2) is 0 Å². The zero-order valence-corrected chi connectivity index (χ0v) is 14.6. The molecule has 2 fully saturated rings. The molecule has 0 bridgehead atoms. The number of aromatic nitrogens is 2. The van der Waals surface area contributed by atoms with Crippen LogP contribution in [-0.2, 0) is 11.3 Å². The molecule has 1 aliphatic heterocycles. The Hall–Kier alpha value is -2.21. The van der Waals surface area contributed by atoms with Gasteiger partial charge < -0.3 is 9.84 Å². The van der Waals surface area contributed by atoms with Crippen molar-refractivity contribution in [1.82, 2.24) is 20.4 Å². The lowest BCUT2D eigenvalue weighted by molar-refractivity contribution is -0.123. The third-order valence-corrected chi connectivity index (χ3v) is 4.99. The number of likely N-dealkylation sites (tertiary alicyclic amines) is 1. The number of nitrogens with one attached hydrogen (secondary N) is 1. The molecule has 6 nitrogen and oxygen atoms in total. The Morgan fingerprint density at radius 2 is 2.08 bits per heavy atom. The van der Waals surface area contributed by atoms with E-state index in [0.29, 0.717) is 24.3 Å². The molecule has 0 radical (unpaired) electrons. The van der Waals surface area contributed by atoms with Gasteiger partial charge in [0.1, 0.15) is 0 Å². The quantitative estimate of drug-likeness (QED) is 0.906. The minimum atomic E-state index is 0.248. The standard InChI is InChI=1S/C19H24N4O2/c1-13-3-2-4-15(11-13)18-21-17(25-22-18)12-23-9-7-16(8-10-23)20-19(24)14-5-6-14/h2-4,11,14,16H,5-10,12H2,1H3,(H,20,24). The Labute approximate surface area is 147 Å². The maximum absolute atomic E-state index is 11.8. The van der Waals surface area contributed by atoms with Crippen LogP contribution in [0.15, 0.2) is 28.8 Å². The van der Waals surface area contributed by atoms with Crippen LogP contribution in [0.25, 0.3) is 11.4 Å². The summed E-state index contributed by atoms with van der Waals surface area (Å²) in [5.74, 6) is 1.83. The first-order chi connectivity index (χ1) is 12.2. The predicted octanol–water partition coefficient (Wildman–Crippen LogP) is 2.54. The first-order valence-electron chi connectivity index (χ1n) is 9.10. The summed E-state index contributed by atoms with van der Waals surface area (Å²) in [7, 11) is 0. The summed E-state index contributed by atoms with van der Waals surface area (Å²) >= 11 is 0. The topological polar surface area (TPSA) is 71.3 Å². The van der Waals surface area contributed by atoms with Gasteiger partial charge in [-0.15, -0.1) is 0 Å². The van der Waals surface area contributed by atoms with Crippen molar-refractivity contribution in [3.63, 3.8) is 0 Å². The van der Waals surface area contributed by atoms with Gasteiger partial charge >= 0.3 is 0 Å². The predicted molar refractivity (Wildman–Crippen MR) is 93.6 cm³/mol. The molecule has 1 saturated carbocycles. The molecule has 1 amide bonds. The van der Waals surface area contributed by atoms with Crippen LogP contribution >= 0.6 is 0 Å². The summed E-state index contributed by atoms with van der Waals surface area (Å²) in [6, 6.07) is 8.42. The highest BCUT2D eigenvalue weighted by Crippen LogP contribution is 2.29. The Bertz CT molecular complexity index is 745. The van der Waals surface area contributed by atoms with Gasteiger partial charge in [0.2, 0.25) is 17.6 Å². The molecule has 2 aromatic rings. The van der Waals surface area contributed by atoms with Crippen LogP contribution in [0.2, 0.25) is 0 Å². The van der Waals surface area contributed by atoms with E-state index in [0.717, 1.165) is 44.3 Å². The van der Waals surface area contributed by atoms with Gasteiger partial charge in [0, 0.05) is 30.6 Å². The van der Waals surface area contributed by atoms with E-state index in [1.165, 1.54) is 5.56 Å². The molecule has 25 heavy (non-hydrogen) atoms. The number of carbonyl (C=O) groups is 1. The Kier molecular flexibility index (Phi) is 4.53. The van der Waals surface area contributed by atoms with Gasteiger partial charge in [-0.2, -0.15) is 4.98 Å². The van der Waals surface area contributed by atoms with Gasteiger partial charge in [-0.1, -0.05) is 28.9 Å². The highest BCUT2D eigenvalue weighted by atomic mass is 16.5. The molecule has 2 heterocycles. The van der Waals surface area contributed by atoms with Gasteiger partial charge in [0.05, 0.1) is 6.54 Å². The van der Waals surface area contributed by atoms with Crippen molar-refractivity contribution in [2.75, 3.05) is 13.1 Å². The SMILES string of the molecule is Cc1cccc(-c2noc(CN3CCC(NC(=O)C4CC4)CC3)n2)c1. The van der Waals surface area contributed by atoms with Gasteiger partial charge in [0.25, 0.3) is 0 Å². The molecule has 0 atom stereocenters. The fraction of sp³-hybridized carbons (Fsp3) is 0.526. The largest absolute Gasteiger partial charge is 0.353 e. The number of benzene rings is 1. The summed E-state index contributed by atoms with van der Waals surface area (Å²) in [5, 5.41) is 7.28. The van der Waals surface area contributed by atoms with Crippen LogP contribution in [0, 0.1) is 12.8 Å². The monoisotopic (exact) mass is 340 g/mol. The summed E-state index contributed by atoms with van der Waals surface area (Å²) in [6.07, 6.45) is 4.09. The van der Waals surface area contributed by atoms with E-state index >= 15 is 0 Å². The molecule has 0 spiro atoms. The molecular weight excluding hydrogens is 316 g/mol. The molecule has 1 aromatic heterocycles. The van der Waals surface area contributed by atoms with Crippen LogP contribution in [0.5, 0.6) is 0 Å². The molecule has 1 aliphatic carbocycles. The van der Waals surface area contributed by atoms with Gasteiger partial charge in [-0.05, 0) is 38.7 Å². The van der Waals surface area contributed by atoms with Crippen LogP contribution in [0.3, 0.4) is 0 Å². The number of piperidine rings is 1. The highest BCUT2D eigenvalue weighted by molar-refractivity contribution is 5.81. The van der Waals surface area contributed by atoms with Crippen molar-refractivity contribution in [3.05, 3.63) is 35.7 Å². The second-order valence-electron chi connectivity index (χ2n) is 7.21. The van der Waals surface area contributed by atoms with Crippen LogP contribution < -0.4 is 5.32 Å². The van der Waals surface area contributed by atoms with Crippen molar-refractivity contribution < 1.29 is 9.32 Å². The van der Waals surface area contributed by atoms with E-state index < -0.39 is 0 Å².